The number of carbonyl (C=O) groups excluding carboxylic acids is 2. The highest BCUT2D eigenvalue weighted by Gasteiger charge is 2.21. The maximum absolute atomic E-state index is 11.8. The molecule has 0 aliphatic carbocycles. The van der Waals surface area contributed by atoms with Gasteiger partial charge in [-0.15, -0.1) is 0 Å². The summed E-state index contributed by atoms with van der Waals surface area (Å²) in [6.45, 7) is 0.559. The molecule has 2 rings (SSSR count). The van der Waals surface area contributed by atoms with E-state index in [4.69, 9.17) is 0 Å². The second-order valence-electron chi connectivity index (χ2n) is 3.97. The van der Waals surface area contributed by atoms with Gasteiger partial charge in [-0.1, -0.05) is 42.1 Å². The summed E-state index contributed by atoms with van der Waals surface area (Å²) in [5.74, 6) is 0.0801. The molecule has 0 saturated carbocycles. The molecule has 0 radical (unpaired) electrons. The summed E-state index contributed by atoms with van der Waals surface area (Å²) in [6, 6.07) is 9.95. The van der Waals surface area contributed by atoms with Gasteiger partial charge in [0.15, 0.2) is 0 Å². The van der Waals surface area contributed by atoms with Gasteiger partial charge in [0.05, 0.1) is 10.8 Å². The van der Waals surface area contributed by atoms with Crippen LogP contribution < -0.4 is 10.6 Å². The van der Waals surface area contributed by atoms with Crippen LogP contribution in [-0.4, -0.2) is 24.1 Å². The highest BCUT2D eigenvalue weighted by Crippen LogP contribution is 2.25. The van der Waals surface area contributed by atoms with E-state index in [1.807, 2.05) is 30.3 Å². The Kier molecular flexibility index (Phi) is 5.04. The van der Waals surface area contributed by atoms with Crippen LogP contribution in [0.15, 0.2) is 39.8 Å². The first kappa shape index (κ1) is 14.1. The average Bonchev–Trinajstić information content (AvgIpc) is 2.85. The van der Waals surface area contributed by atoms with Crippen LogP contribution in [-0.2, 0) is 16.0 Å². The number of benzene rings is 1. The largest absolute Gasteiger partial charge is 0.351 e. The topological polar surface area (TPSA) is 58.2 Å². The van der Waals surface area contributed by atoms with Crippen LogP contribution in [0.25, 0.3) is 0 Å². The van der Waals surface area contributed by atoms with E-state index in [1.54, 1.807) is 0 Å². The van der Waals surface area contributed by atoms with Crippen LogP contribution in [0.4, 0.5) is 0 Å². The van der Waals surface area contributed by atoms with E-state index in [9.17, 15) is 9.59 Å². The average molecular weight is 341 g/mol. The van der Waals surface area contributed by atoms with Gasteiger partial charge in [0.25, 0.3) is 5.91 Å². The molecule has 19 heavy (non-hydrogen) atoms. The number of nitrogens with one attached hydrogen (secondary N) is 2. The SMILES string of the molecule is O=C1CS/C(=C(/Br)C(=O)NCCc2ccccc2)N1. The van der Waals surface area contributed by atoms with Crippen molar-refractivity contribution in [3.05, 3.63) is 45.4 Å². The van der Waals surface area contributed by atoms with Crippen molar-refractivity contribution in [3.8, 4) is 0 Å². The lowest BCUT2D eigenvalue weighted by atomic mass is 10.1. The number of rotatable bonds is 4. The Bertz CT molecular complexity index is 517. The lowest BCUT2D eigenvalue weighted by Crippen LogP contribution is -2.27. The summed E-state index contributed by atoms with van der Waals surface area (Å²) in [6.07, 6.45) is 0.779. The molecule has 6 heteroatoms. The first-order valence-electron chi connectivity index (χ1n) is 5.81. The molecule has 0 unspecified atom stereocenters. The highest BCUT2D eigenvalue weighted by molar-refractivity contribution is 9.12. The lowest BCUT2D eigenvalue weighted by molar-refractivity contribution is -0.117. The van der Waals surface area contributed by atoms with Gasteiger partial charge in [0, 0.05) is 6.54 Å². The molecule has 0 spiro atoms. The third-order valence-corrected chi connectivity index (χ3v) is 4.56. The highest BCUT2D eigenvalue weighted by atomic mass is 79.9. The fourth-order valence-electron chi connectivity index (χ4n) is 1.60. The standard InChI is InChI=1S/C13H13BrN2O2S/c14-11(13-16-10(17)8-19-13)12(18)15-7-6-9-4-2-1-3-5-9/h1-5H,6-8H2,(H,15,18)(H,16,17)/b13-11+. The lowest BCUT2D eigenvalue weighted by Gasteiger charge is -2.06. The third-order valence-electron chi connectivity index (χ3n) is 2.54. The van der Waals surface area contributed by atoms with Gasteiger partial charge in [-0.05, 0) is 27.9 Å². The van der Waals surface area contributed by atoms with Gasteiger partial charge in [0.2, 0.25) is 5.91 Å². The normalized spacial score (nSPS) is 17.0. The fourth-order valence-corrected chi connectivity index (χ4v) is 2.94. The van der Waals surface area contributed by atoms with Gasteiger partial charge < -0.3 is 10.6 Å². The predicted molar refractivity (Wildman–Crippen MR) is 79.7 cm³/mol. The zero-order valence-electron chi connectivity index (χ0n) is 10.1. The molecule has 0 bridgehead atoms. The van der Waals surface area contributed by atoms with Gasteiger partial charge in [-0.2, -0.15) is 0 Å². The van der Waals surface area contributed by atoms with Gasteiger partial charge in [-0.3, -0.25) is 9.59 Å². The zero-order chi connectivity index (χ0) is 13.7. The zero-order valence-corrected chi connectivity index (χ0v) is 12.5. The van der Waals surface area contributed by atoms with Gasteiger partial charge in [0.1, 0.15) is 4.48 Å². The van der Waals surface area contributed by atoms with E-state index in [2.05, 4.69) is 26.6 Å². The van der Waals surface area contributed by atoms with E-state index in [1.165, 1.54) is 17.3 Å². The van der Waals surface area contributed by atoms with Crippen molar-refractivity contribution in [3.63, 3.8) is 0 Å². The van der Waals surface area contributed by atoms with Crippen molar-refractivity contribution in [2.75, 3.05) is 12.3 Å². The van der Waals surface area contributed by atoms with E-state index in [-0.39, 0.29) is 11.8 Å². The van der Waals surface area contributed by atoms with Crippen molar-refractivity contribution in [1.82, 2.24) is 10.6 Å². The quantitative estimate of drug-likeness (QED) is 0.821. The smallest absolute Gasteiger partial charge is 0.261 e. The Morgan fingerprint density at radius 2 is 2.11 bits per heavy atom. The van der Waals surface area contributed by atoms with Crippen LogP contribution in [0.3, 0.4) is 0 Å². The maximum Gasteiger partial charge on any atom is 0.261 e. The Morgan fingerprint density at radius 3 is 2.74 bits per heavy atom. The Labute approximate surface area is 124 Å². The first-order chi connectivity index (χ1) is 9.16. The third kappa shape index (κ3) is 4.11. The van der Waals surface area contributed by atoms with Gasteiger partial charge >= 0.3 is 0 Å². The molecule has 1 fully saturated rings. The maximum atomic E-state index is 11.8. The number of halogens is 1. The molecule has 100 valence electrons. The number of thioether (sulfide) groups is 1. The number of amides is 2. The molecule has 0 aromatic heterocycles. The molecule has 1 aliphatic heterocycles. The number of hydrogen-bond donors (Lipinski definition) is 2. The van der Waals surface area contributed by atoms with Crippen molar-refractivity contribution in [2.45, 2.75) is 6.42 Å². The Hall–Kier alpha value is -1.27. The van der Waals surface area contributed by atoms with E-state index >= 15 is 0 Å². The first-order valence-corrected chi connectivity index (χ1v) is 7.59. The minimum Gasteiger partial charge on any atom is -0.351 e. The summed E-state index contributed by atoms with van der Waals surface area (Å²) in [5, 5.41) is 6.04. The predicted octanol–water partition coefficient (Wildman–Crippen LogP) is 1.77. The molecular formula is C13H13BrN2O2S. The minimum absolute atomic E-state index is 0.0750. The van der Waals surface area contributed by atoms with Crippen molar-refractivity contribution >= 4 is 39.5 Å². The summed E-state index contributed by atoms with van der Waals surface area (Å²) in [7, 11) is 0. The molecule has 1 aromatic rings. The Morgan fingerprint density at radius 1 is 1.37 bits per heavy atom. The van der Waals surface area contributed by atoms with Crippen LogP contribution in [0.5, 0.6) is 0 Å². The summed E-state index contributed by atoms with van der Waals surface area (Å²) >= 11 is 4.54. The molecule has 0 atom stereocenters. The molecule has 1 heterocycles. The molecule has 2 amide bonds. The molecule has 1 aromatic carbocycles. The Balaban J connectivity index is 1.83. The minimum atomic E-state index is -0.208. The second kappa shape index (κ2) is 6.77. The number of hydrogen-bond acceptors (Lipinski definition) is 3. The fraction of sp³-hybridized carbons (Fsp3) is 0.231. The molecule has 1 saturated heterocycles. The molecular weight excluding hydrogens is 328 g/mol. The van der Waals surface area contributed by atoms with E-state index in [0.717, 1.165) is 6.42 Å². The summed E-state index contributed by atoms with van der Waals surface area (Å²) in [4.78, 5) is 22.9. The van der Waals surface area contributed by atoms with Gasteiger partial charge in [-0.25, -0.2) is 0 Å². The second-order valence-corrected chi connectivity index (χ2v) is 5.75. The van der Waals surface area contributed by atoms with Crippen molar-refractivity contribution in [1.29, 1.82) is 0 Å². The van der Waals surface area contributed by atoms with Crippen LogP contribution in [0.2, 0.25) is 0 Å². The molecule has 4 nitrogen and oxygen atoms in total. The van der Waals surface area contributed by atoms with Crippen molar-refractivity contribution in [2.24, 2.45) is 0 Å². The van der Waals surface area contributed by atoms with Crippen LogP contribution in [0.1, 0.15) is 5.56 Å². The summed E-state index contributed by atoms with van der Waals surface area (Å²) in [5.41, 5.74) is 1.18. The monoisotopic (exact) mass is 340 g/mol. The molecule has 2 N–H and O–H groups in total. The van der Waals surface area contributed by atoms with E-state index < -0.39 is 0 Å². The number of carbonyl (C=O) groups is 2. The van der Waals surface area contributed by atoms with E-state index in [0.29, 0.717) is 21.8 Å². The molecule has 1 aliphatic rings. The van der Waals surface area contributed by atoms with Crippen LogP contribution >= 0.6 is 27.7 Å². The van der Waals surface area contributed by atoms with Crippen LogP contribution in [0, 0.1) is 0 Å². The van der Waals surface area contributed by atoms with Crippen molar-refractivity contribution < 1.29 is 9.59 Å². The summed E-state index contributed by atoms with van der Waals surface area (Å²) < 4.78 is 0.386.